The highest BCUT2D eigenvalue weighted by Crippen LogP contribution is 1.99. The van der Waals surface area contributed by atoms with E-state index in [4.69, 9.17) is 16.6 Å². The summed E-state index contributed by atoms with van der Waals surface area (Å²) in [5, 5.41) is 8.46. The summed E-state index contributed by atoms with van der Waals surface area (Å²) in [6, 6.07) is -1.00. The second kappa shape index (κ2) is 5.74. The number of hydrogen-bond donors (Lipinski definition) is 3. The average molecular weight is 172 g/mol. The molecule has 0 saturated heterocycles. The van der Waals surface area contributed by atoms with Gasteiger partial charge >= 0.3 is 5.97 Å². The van der Waals surface area contributed by atoms with Crippen LogP contribution in [0, 0.1) is 0 Å². The van der Waals surface area contributed by atoms with Crippen LogP contribution < -0.4 is 11.5 Å². The maximum absolute atomic E-state index is 10.3. The van der Waals surface area contributed by atoms with Crippen LogP contribution in [0.25, 0.3) is 0 Å². The molecule has 0 aromatic rings. The lowest BCUT2D eigenvalue weighted by molar-refractivity contribution is -0.138. The van der Waals surface area contributed by atoms with Crippen molar-refractivity contribution >= 4 is 5.97 Å². The molecular formula is C8H16N2O2. The van der Waals surface area contributed by atoms with E-state index in [1.165, 1.54) is 0 Å². The summed E-state index contributed by atoms with van der Waals surface area (Å²) in [6.45, 7) is 1.89. The van der Waals surface area contributed by atoms with Crippen LogP contribution in [0.5, 0.6) is 0 Å². The highest BCUT2D eigenvalue weighted by Gasteiger charge is 2.14. The molecule has 2 atom stereocenters. The Kier molecular flexibility index (Phi) is 5.32. The minimum Gasteiger partial charge on any atom is -0.480 e. The van der Waals surface area contributed by atoms with Crippen LogP contribution in [-0.4, -0.2) is 23.2 Å². The smallest absolute Gasteiger partial charge is 0.320 e. The molecule has 0 radical (unpaired) electrons. The Morgan fingerprint density at radius 2 is 2.17 bits per heavy atom. The fourth-order valence-electron chi connectivity index (χ4n) is 0.834. The molecule has 0 aromatic heterocycles. The number of carboxylic acids is 1. The molecule has 0 aliphatic heterocycles. The predicted octanol–water partition coefficient (Wildman–Crippen LogP) is 0.0819. The van der Waals surface area contributed by atoms with E-state index in [0.29, 0.717) is 12.8 Å². The first-order valence-corrected chi connectivity index (χ1v) is 3.93. The molecule has 5 N–H and O–H groups in total. The van der Waals surface area contributed by atoms with Crippen LogP contribution in [0.3, 0.4) is 0 Å². The second-order valence-corrected chi connectivity index (χ2v) is 2.75. The Morgan fingerprint density at radius 3 is 2.58 bits per heavy atom. The van der Waals surface area contributed by atoms with Crippen molar-refractivity contribution in [2.24, 2.45) is 11.5 Å². The third kappa shape index (κ3) is 4.87. The zero-order valence-corrected chi connectivity index (χ0v) is 7.23. The molecule has 0 aliphatic carbocycles. The lowest BCUT2D eigenvalue weighted by Crippen LogP contribution is -2.36. The summed E-state index contributed by atoms with van der Waals surface area (Å²) < 4.78 is 0. The quantitative estimate of drug-likeness (QED) is 0.512. The number of rotatable bonds is 5. The molecule has 0 aromatic carbocycles. The Morgan fingerprint density at radius 1 is 1.58 bits per heavy atom. The van der Waals surface area contributed by atoms with Crippen LogP contribution in [-0.2, 0) is 4.79 Å². The van der Waals surface area contributed by atoms with Gasteiger partial charge in [-0.15, -0.1) is 0 Å². The van der Waals surface area contributed by atoms with Gasteiger partial charge in [-0.25, -0.2) is 0 Å². The second-order valence-electron chi connectivity index (χ2n) is 2.75. The van der Waals surface area contributed by atoms with Crippen LogP contribution in [0.15, 0.2) is 12.2 Å². The van der Waals surface area contributed by atoms with Crippen LogP contribution in [0.2, 0.25) is 0 Å². The van der Waals surface area contributed by atoms with Crippen LogP contribution >= 0.6 is 0 Å². The van der Waals surface area contributed by atoms with Gasteiger partial charge in [0.25, 0.3) is 0 Å². The van der Waals surface area contributed by atoms with E-state index >= 15 is 0 Å². The van der Waals surface area contributed by atoms with Crippen molar-refractivity contribution in [2.75, 3.05) is 0 Å². The van der Waals surface area contributed by atoms with E-state index in [1.54, 1.807) is 0 Å². The molecule has 0 heterocycles. The zero-order chi connectivity index (χ0) is 9.56. The van der Waals surface area contributed by atoms with Gasteiger partial charge in [-0.05, 0) is 19.8 Å². The van der Waals surface area contributed by atoms with E-state index in [1.807, 2.05) is 19.1 Å². The highest BCUT2D eigenvalue weighted by molar-refractivity contribution is 5.73. The van der Waals surface area contributed by atoms with Crippen LogP contribution in [0.1, 0.15) is 19.8 Å². The lowest BCUT2D eigenvalue weighted by Gasteiger charge is -2.11. The lowest BCUT2D eigenvalue weighted by atomic mass is 10.1. The summed E-state index contributed by atoms with van der Waals surface area (Å²) in [6.07, 6.45) is 4.78. The maximum atomic E-state index is 10.3. The molecule has 0 fully saturated rings. The molecule has 4 nitrogen and oxygen atoms in total. The minimum absolute atomic E-state index is 0.160. The first kappa shape index (κ1) is 11.1. The van der Waals surface area contributed by atoms with Gasteiger partial charge in [-0.1, -0.05) is 12.2 Å². The van der Waals surface area contributed by atoms with Crippen LogP contribution in [0.4, 0.5) is 0 Å². The normalized spacial score (nSPS) is 16.2. The number of carboxylic acid groups (broad SMARTS) is 1. The van der Waals surface area contributed by atoms with Crippen molar-refractivity contribution < 1.29 is 9.90 Å². The predicted molar refractivity (Wildman–Crippen MR) is 47.6 cm³/mol. The largest absolute Gasteiger partial charge is 0.480 e. The van der Waals surface area contributed by atoms with Gasteiger partial charge in [-0.3, -0.25) is 4.79 Å². The molecule has 0 aliphatic rings. The van der Waals surface area contributed by atoms with E-state index in [-0.39, 0.29) is 6.04 Å². The molecule has 2 unspecified atom stereocenters. The fourth-order valence-corrected chi connectivity index (χ4v) is 0.834. The molecule has 0 rings (SSSR count). The molecule has 70 valence electrons. The van der Waals surface area contributed by atoms with Gasteiger partial charge in [0, 0.05) is 6.04 Å². The molecular weight excluding hydrogens is 156 g/mol. The number of carbonyl (C=O) groups is 1. The summed E-state index contributed by atoms with van der Waals surface area (Å²) in [5.74, 6) is -0.995. The molecule has 0 saturated carbocycles. The third-order valence-electron chi connectivity index (χ3n) is 1.55. The SMILES string of the molecule is C/C=C/CC(N)CC(N)C(=O)O. The summed E-state index contributed by atoms with van der Waals surface area (Å²) in [5.41, 5.74) is 10.9. The van der Waals surface area contributed by atoms with Crippen molar-refractivity contribution in [2.45, 2.75) is 31.8 Å². The van der Waals surface area contributed by atoms with Crippen molar-refractivity contribution in [3.8, 4) is 0 Å². The average Bonchev–Trinajstić information content (AvgIpc) is 2.00. The molecule has 0 spiro atoms. The molecule has 0 bridgehead atoms. The van der Waals surface area contributed by atoms with Gasteiger partial charge in [0.05, 0.1) is 0 Å². The minimum atomic E-state index is -0.995. The van der Waals surface area contributed by atoms with Crippen molar-refractivity contribution in [3.05, 3.63) is 12.2 Å². The van der Waals surface area contributed by atoms with Crippen molar-refractivity contribution in [1.82, 2.24) is 0 Å². The summed E-state index contributed by atoms with van der Waals surface area (Å²) in [7, 11) is 0. The van der Waals surface area contributed by atoms with Gasteiger partial charge < -0.3 is 16.6 Å². The fraction of sp³-hybridized carbons (Fsp3) is 0.625. The zero-order valence-electron chi connectivity index (χ0n) is 7.23. The number of hydrogen-bond acceptors (Lipinski definition) is 3. The Hall–Kier alpha value is -0.870. The summed E-state index contributed by atoms with van der Waals surface area (Å²) in [4.78, 5) is 10.3. The maximum Gasteiger partial charge on any atom is 0.320 e. The topological polar surface area (TPSA) is 89.3 Å². The summed E-state index contributed by atoms with van der Waals surface area (Å²) >= 11 is 0. The van der Waals surface area contributed by atoms with Gasteiger partial charge in [0.15, 0.2) is 0 Å². The molecule has 12 heavy (non-hydrogen) atoms. The van der Waals surface area contributed by atoms with Crippen molar-refractivity contribution in [3.63, 3.8) is 0 Å². The van der Waals surface area contributed by atoms with Gasteiger partial charge in [0.2, 0.25) is 0 Å². The van der Waals surface area contributed by atoms with E-state index in [2.05, 4.69) is 0 Å². The number of aliphatic carboxylic acids is 1. The Balaban J connectivity index is 3.68. The van der Waals surface area contributed by atoms with E-state index in [0.717, 1.165) is 0 Å². The Bertz CT molecular complexity index is 168. The van der Waals surface area contributed by atoms with Crippen molar-refractivity contribution in [1.29, 1.82) is 0 Å². The standard InChI is InChI=1S/C8H16N2O2/c1-2-3-4-6(9)5-7(10)8(11)12/h2-3,6-7H,4-5,9-10H2,1H3,(H,11,12)/b3-2+. The highest BCUT2D eigenvalue weighted by atomic mass is 16.4. The van der Waals surface area contributed by atoms with E-state index in [9.17, 15) is 4.79 Å². The first-order valence-electron chi connectivity index (χ1n) is 3.93. The monoisotopic (exact) mass is 172 g/mol. The first-order chi connectivity index (χ1) is 5.57. The Labute approximate surface area is 72.2 Å². The molecule has 4 heteroatoms. The van der Waals surface area contributed by atoms with Gasteiger partial charge in [-0.2, -0.15) is 0 Å². The third-order valence-corrected chi connectivity index (χ3v) is 1.55. The number of allylic oxidation sites excluding steroid dienone is 1. The van der Waals surface area contributed by atoms with E-state index < -0.39 is 12.0 Å². The number of nitrogens with two attached hydrogens (primary N) is 2. The van der Waals surface area contributed by atoms with Gasteiger partial charge in [0.1, 0.15) is 6.04 Å². The molecule has 0 amide bonds.